The van der Waals surface area contributed by atoms with Crippen LogP contribution in [0.4, 0.5) is 0 Å². The number of amides is 2. The molecule has 0 saturated carbocycles. The molecule has 1 rings (SSSR count). The summed E-state index contributed by atoms with van der Waals surface area (Å²) in [6.07, 6.45) is 0.398. The van der Waals surface area contributed by atoms with E-state index in [-0.39, 0.29) is 23.4 Å². The number of hydrogen-bond acceptors (Lipinski definition) is 3. The Bertz CT molecular complexity index is 471. The number of piperazine rings is 1. The summed E-state index contributed by atoms with van der Waals surface area (Å²) >= 11 is 0. The molecular formula is C16H31N5O2. The number of nitrogens with one attached hydrogen (secondary N) is 1. The number of rotatable bonds is 4. The molecule has 132 valence electrons. The summed E-state index contributed by atoms with van der Waals surface area (Å²) in [5.74, 6) is 0.832. The van der Waals surface area contributed by atoms with E-state index in [1.54, 1.807) is 26.0 Å². The first-order valence-corrected chi connectivity index (χ1v) is 8.08. The second kappa shape index (κ2) is 7.66. The monoisotopic (exact) mass is 325 g/mol. The SMILES string of the molecule is CN=C(NCCC(=O)N(C)C)N1CC(=O)N(C(C)C)C(C)(C)C1. The van der Waals surface area contributed by atoms with E-state index in [4.69, 9.17) is 0 Å². The van der Waals surface area contributed by atoms with Crippen molar-refractivity contribution in [2.24, 2.45) is 4.99 Å². The number of carbonyl (C=O) groups is 2. The van der Waals surface area contributed by atoms with Crippen LogP contribution in [0, 0.1) is 0 Å². The zero-order valence-corrected chi connectivity index (χ0v) is 15.5. The lowest BCUT2D eigenvalue weighted by Gasteiger charge is -2.49. The largest absolute Gasteiger partial charge is 0.356 e. The van der Waals surface area contributed by atoms with Gasteiger partial charge < -0.3 is 20.0 Å². The molecule has 7 nitrogen and oxygen atoms in total. The van der Waals surface area contributed by atoms with Crippen molar-refractivity contribution in [3.05, 3.63) is 0 Å². The Morgan fingerprint density at radius 3 is 2.43 bits per heavy atom. The van der Waals surface area contributed by atoms with Gasteiger partial charge in [0.05, 0.1) is 12.1 Å². The molecule has 1 saturated heterocycles. The van der Waals surface area contributed by atoms with E-state index in [0.29, 0.717) is 32.0 Å². The quantitative estimate of drug-likeness (QED) is 0.599. The molecule has 1 N–H and O–H groups in total. The number of hydrogen-bond donors (Lipinski definition) is 1. The lowest BCUT2D eigenvalue weighted by molar-refractivity contribution is -0.145. The van der Waals surface area contributed by atoms with Crippen molar-refractivity contribution in [3.8, 4) is 0 Å². The first kappa shape index (κ1) is 19.3. The van der Waals surface area contributed by atoms with E-state index in [1.807, 2.05) is 23.6 Å². The highest BCUT2D eigenvalue weighted by Gasteiger charge is 2.40. The van der Waals surface area contributed by atoms with Crippen LogP contribution >= 0.6 is 0 Å². The van der Waals surface area contributed by atoms with Crippen LogP contribution in [0.25, 0.3) is 0 Å². The molecule has 0 aromatic heterocycles. The first-order chi connectivity index (χ1) is 10.6. The maximum Gasteiger partial charge on any atom is 0.242 e. The van der Waals surface area contributed by atoms with Crippen LogP contribution in [0.2, 0.25) is 0 Å². The van der Waals surface area contributed by atoms with Crippen molar-refractivity contribution in [1.82, 2.24) is 20.0 Å². The van der Waals surface area contributed by atoms with Gasteiger partial charge in [0.15, 0.2) is 5.96 Å². The van der Waals surface area contributed by atoms with Crippen LogP contribution in [0.15, 0.2) is 4.99 Å². The topological polar surface area (TPSA) is 68.2 Å². The second-order valence-corrected chi connectivity index (χ2v) is 7.04. The molecule has 0 aromatic rings. The van der Waals surface area contributed by atoms with Crippen molar-refractivity contribution >= 4 is 17.8 Å². The summed E-state index contributed by atoms with van der Waals surface area (Å²) in [5, 5.41) is 3.18. The predicted octanol–water partition coefficient (Wildman–Crippen LogP) is 0.371. The maximum atomic E-state index is 12.5. The van der Waals surface area contributed by atoms with Gasteiger partial charge in [-0.05, 0) is 27.7 Å². The summed E-state index contributed by atoms with van der Waals surface area (Å²) in [5.41, 5.74) is -0.263. The first-order valence-electron chi connectivity index (χ1n) is 8.08. The molecule has 1 fully saturated rings. The summed E-state index contributed by atoms with van der Waals surface area (Å²) in [6, 6.07) is 0.173. The van der Waals surface area contributed by atoms with Gasteiger partial charge in [-0.2, -0.15) is 0 Å². The number of guanidine groups is 1. The van der Waals surface area contributed by atoms with Crippen LogP contribution in [0.3, 0.4) is 0 Å². The maximum absolute atomic E-state index is 12.5. The van der Waals surface area contributed by atoms with Gasteiger partial charge in [-0.15, -0.1) is 0 Å². The van der Waals surface area contributed by atoms with E-state index >= 15 is 0 Å². The highest BCUT2D eigenvalue weighted by Crippen LogP contribution is 2.24. The van der Waals surface area contributed by atoms with E-state index in [9.17, 15) is 9.59 Å². The molecule has 0 unspecified atom stereocenters. The number of carbonyl (C=O) groups excluding carboxylic acids is 2. The molecule has 0 spiro atoms. The van der Waals surface area contributed by atoms with Gasteiger partial charge in [-0.1, -0.05) is 0 Å². The third kappa shape index (κ3) is 4.84. The Morgan fingerprint density at radius 1 is 1.39 bits per heavy atom. The van der Waals surface area contributed by atoms with E-state index in [0.717, 1.165) is 0 Å². The molecule has 1 aliphatic heterocycles. The third-order valence-corrected chi connectivity index (χ3v) is 3.97. The van der Waals surface area contributed by atoms with Crippen molar-refractivity contribution < 1.29 is 9.59 Å². The zero-order valence-electron chi connectivity index (χ0n) is 15.5. The molecule has 0 aliphatic carbocycles. The Morgan fingerprint density at radius 2 is 2.00 bits per heavy atom. The van der Waals surface area contributed by atoms with Gasteiger partial charge in [-0.25, -0.2) is 0 Å². The minimum Gasteiger partial charge on any atom is -0.356 e. The van der Waals surface area contributed by atoms with Gasteiger partial charge in [0.1, 0.15) is 0 Å². The van der Waals surface area contributed by atoms with Crippen molar-refractivity contribution in [3.63, 3.8) is 0 Å². The molecule has 0 aromatic carbocycles. The van der Waals surface area contributed by atoms with Crippen LogP contribution in [-0.2, 0) is 9.59 Å². The Labute approximate surface area is 139 Å². The minimum absolute atomic E-state index is 0.0639. The van der Waals surface area contributed by atoms with E-state index in [2.05, 4.69) is 24.2 Å². The molecular weight excluding hydrogens is 294 g/mol. The predicted molar refractivity (Wildman–Crippen MR) is 92.3 cm³/mol. The van der Waals surface area contributed by atoms with Gasteiger partial charge >= 0.3 is 0 Å². The Kier molecular flexibility index (Phi) is 6.41. The van der Waals surface area contributed by atoms with Crippen LogP contribution in [0.1, 0.15) is 34.1 Å². The van der Waals surface area contributed by atoms with E-state index < -0.39 is 0 Å². The normalized spacial score (nSPS) is 18.4. The minimum atomic E-state index is -0.263. The number of nitrogens with zero attached hydrogens (tertiary/aromatic N) is 4. The highest BCUT2D eigenvalue weighted by molar-refractivity contribution is 5.88. The summed E-state index contributed by atoms with van der Waals surface area (Å²) in [4.78, 5) is 33.9. The van der Waals surface area contributed by atoms with Crippen LogP contribution < -0.4 is 5.32 Å². The van der Waals surface area contributed by atoms with Gasteiger partial charge in [0.25, 0.3) is 0 Å². The molecule has 0 atom stereocenters. The molecule has 1 aliphatic rings. The average molecular weight is 325 g/mol. The second-order valence-electron chi connectivity index (χ2n) is 7.04. The fourth-order valence-electron chi connectivity index (χ4n) is 3.15. The third-order valence-electron chi connectivity index (χ3n) is 3.97. The smallest absolute Gasteiger partial charge is 0.242 e. The lowest BCUT2D eigenvalue weighted by atomic mass is 9.96. The van der Waals surface area contributed by atoms with Gasteiger partial charge in [0.2, 0.25) is 11.8 Å². The van der Waals surface area contributed by atoms with Gasteiger partial charge in [-0.3, -0.25) is 14.6 Å². The lowest BCUT2D eigenvalue weighted by Crippen LogP contribution is -2.66. The fraction of sp³-hybridized carbons (Fsp3) is 0.812. The Balaban J connectivity index is 2.70. The molecule has 23 heavy (non-hydrogen) atoms. The van der Waals surface area contributed by atoms with Crippen molar-refractivity contribution in [1.29, 1.82) is 0 Å². The molecule has 7 heteroatoms. The molecule has 0 bridgehead atoms. The zero-order chi connectivity index (χ0) is 17.8. The molecule has 2 amide bonds. The van der Waals surface area contributed by atoms with Crippen LogP contribution in [0.5, 0.6) is 0 Å². The number of aliphatic imine (C=N–C) groups is 1. The van der Waals surface area contributed by atoms with Crippen molar-refractivity contribution in [2.45, 2.75) is 45.7 Å². The molecule has 1 heterocycles. The van der Waals surface area contributed by atoms with Crippen molar-refractivity contribution in [2.75, 3.05) is 40.8 Å². The summed E-state index contributed by atoms with van der Waals surface area (Å²) in [7, 11) is 5.18. The Hall–Kier alpha value is -1.79. The van der Waals surface area contributed by atoms with Gasteiger partial charge in [0, 0.05) is 46.7 Å². The highest BCUT2D eigenvalue weighted by atomic mass is 16.2. The standard InChI is InChI=1S/C16H31N5O2/c1-12(2)21-14(23)10-20(11-16(21,3)4)15(17-5)18-9-8-13(22)19(6)7/h12H,8-11H2,1-7H3,(H,17,18). The van der Waals surface area contributed by atoms with E-state index in [1.165, 1.54) is 0 Å². The summed E-state index contributed by atoms with van der Waals surface area (Å²) in [6.45, 7) is 9.73. The fourth-order valence-corrected chi connectivity index (χ4v) is 3.15. The molecule has 0 radical (unpaired) electrons. The summed E-state index contributed by atoms with van der Waals surface area (Å²) < 4.78 is 0. The average Bonchev–Trinajstić information content (AvgIpc) is 2.40. The van der Waals surface area contributed by atoms with Crippen LogP contribution in [-0.4, -0.2) is 84.8 Å².